The van der Waals surface area contributed by atoms with Crippen LogP contribution in [0.3, 0.4) is 0 Å². The Morgan fingerprint density at radius 2 is 2.58 bits per heavy atom. The molecule has 0 radical (unpaired) electrons. The number of ether oxygens (including phenoxy) is 1. The zero-order chi connectivity index (χ0) is 8.97. The standard InChI is InChI=1S/C8H10O4/c1-11-8(10)4-7(9)6-2-3-12-5-6/h2-3,5,7,9H,4H2,1H3/t7-/m1/s1. The molecular formula is C8H10O4. The number of rotatable bonds is 3. The molecule has 12 heavy (non-hydrogen) atoms. The highest BCUT2D eigenvalue weighted by Crippen LogP contribution is 2.16. The normalized spacial score (nSPS) is 12.5. The van der Waals surface area contributed by atoms with Crippen molar-refractivity contribution in [3.63, 3.8) is 0 Å². The van der Waals surface area contributed by atoms with Crippen LogP contribution in [0.5, 0.6) is 0 Å². The maximum Gasteiger partial charge on any atom is 0.308 e. The average molecular weight is 170 g/mol. The molecule has 0 bridgehead atoms. The minimum absolute atomic E-state index is 0.0456. The van der Waals surface area contributed by atoms with Crippen LogP contribution in [-0.2, 0) is 9.53 Å². The lowest BCUT2D eigenvalue weighted by Gasteiger charge is -2.05. The SMILES string of the molecule is COC(=O)C[C@@H](O)c1ccoc1. The topological polar surface area (TPSA) is 59.7 Å². The van der Waals surface area contributed by atoms with Crippen LogP contribution in [0.2, 0.25) is 0 Å². The van der Waals surface area contributed by atoms with E-state index >= 15 is 0 Å². The number of carbonyl (C=O) groups is 1. The van der Waals surface area contributed by atoms with Crippen LogP contribution in [0, 0.1) is 0 Å². The molecule has 0 aliphatic heterocycles. The van der Waals surface area contributed by atoms with Gasteiger partial charge in [-0.1, -0.05) is 0 Å². The van der Waals surface area contributed by atoms with Crippen molar-refractivity contribution in [1.29, 1.82) is 0 Å². The predicted octanol–water partition coefficient (Wildman–Crippen LogP) is 0.876. The van der Waals surface area contributed by atoms with E-state index in [1.807, 2.05) is 0 Å². The third-order valence-corrected chi connectivity index (χ3v) is 1.52. The molecular weight excluding hydrogens is 160 g/mol. The minimum Gasteiger partial charge on any atom is -0.472 e. The van der Waals surface area contributed by atoms with Crippen LogP contribution >= 0.6 is 0 Å². The molecule has 1 atom stereocenters. The first-order chi connectivity index (χ1) is 5.74. The van der Waals surface area contributed by atoms with Crippen molar-refractivity contribution in [3.05, 3.63) is 24.2 Å². The van der Waals surface area contributed by atoms with Gasteiger partial charge in [0.2, 0.25) is 0 Å². The van der Waals surface area contributed by atoms with Gasteiger partial charge in [-0.15, -0.1) is 0 Å². The largest absolute Gasteiger partial charge is 0.472 e. The van der Waals surface area contributed by atoms with Crippen molar-refractivity contribution in [2.45, 2.75) is 12.5 Å². The lowest BCUT2D eigenvalue weighted by atomic mass is 10.1. The fourth-order valence-corrected chi connectivity index (χ4v) is 0.824. The number of furan rings is 1. The van der Waals surface area contributed by atoms with Gasteiger partial charge in [0.05, 0.1) is 32.2 Å². The molecule has 0 saturated carbocycles. The smallest absolute Gasteiger partial charge is 0.308 e. The van der Waals surface area contributed by atoms with Crippen LogP contribution in [0.1, 0.15) is 18.1 Å². The van der Waals surface area contributed by atoms with Gasteiger partial charge in [0.1, 0.15) is 0 Å². The summed E-state index contributed by atoms with van der Waals surface area (Å²) in [4.78, 5) is 10.7. The van der Waals surface area contributed by atoms with Crippen LogP contribution in [-0.4, -0.2) is 18.2 Å². The van der Waals surface area contributed by atoms with E-state index in [0.29, 0.717) is 5.56 Å². The molecule has 0 saturated heterocycles. The molecule has 0 aliphatic carbocycles. The molecule has 0 amide bonds. The first-order valence-corrected chi connectivity index (χ1v) is 3.51. The molecule has 0 aromatic carbocycles. The van der Waals surface area contributed by atoms with Gasteiger partial charge in [-0.25, -0.2) is 0 Å². The summed E-state index contributed by atoms with van der Waals surface area (Å²) in [5, 5.41) is 9.35. The van der Waals surface area contributed by atoms with Crippen molar-refractivity contribution in [3.8, 4) is 0 Å². The second-order valence-corrected chi connectivity index (χ2v) is 2.35. The molecule has 1 aromatic heterocycles. The Balaban J connectivity index is 2.49. The van der Waals surface area contributed by atoms with Crippen LogP contribution < -0.4 is 0 Å². The van der Waals surface area contributed by atoms with E-state index in [1.165, 1.54) is 19.6 Å². The van der Waals surface area contributed by atoms with E-state index < -0.39 is 12.1 Å². The summed E-state index contributed by atoms with van der Waals surface area (Å²) in [6.45, 7) is 0. The van der Waals surface area contributed by atoms with E-state index in [2.05, 4.69) is 4.74 Å². The highest BCUT2D eigenvalue weighted by atomic mass is 16.5. The number of aliphatic hydroxyl groups excluding tert-OH is 1. The van der Waals surface area contributed by atoms with Crippen molar-refractivity contribution in [2.75, 3.05) is 7.11 Å². The van der Waals surface area contributed by atoms with E-state index in [0.717, 1.165) is 0 Å². The summed E-state index contributed by atoms with van der Waals surface area (Å²) in [5.41, 5.74) is 0.584. The van der Waals surface area contributed by atoms with Gasteiger partial charge in [0, 0.05) is 5.56 Å². The molecule has 1 N–H and O–H groups in total. The van der Waals surface area contributed by atoms with Crippen molar-refractivity contribution in [2.24, 2.45) is 0 Å². The predicted molar refractivity (Wildman–Crippen MR) is 40.3 cm³/mol. The van der Waals surface area contributed by atoms with Crippen LogP contribution in [0.25, 0.3) is 0 Å². The minimum atomic E-state index is -0.837. The highest BCUT2D eigenvalue weighted by Gasteiger charge is 2.13. The monoisotopic (exact) mass is 170 g/mol. The zero-order valence-electron chi connectivity index (χ0n) is 6.69. The van der Waals surface area contributed by atoms with Gasteiger partial charge in [-0.2, -0.15) is 0 Å². The molecule has 1 aromatic rings. The summed E-state index contributed by atoms with van der Waals surface area (Å²) < 4.78 is 9.13. The number of carbonyl (C=O) groups excluding carboxylic acids is 1. The van der Waals surface area contributed by atoms with Gasteiger partial charge in [0.15, 0.2) is 0 Å². The first kappa shape index (κ1) is 8.80. The van der Waals surface area contributed by atoms with Gasteiger partial charge in [-0.3, -0.25) is 4.79 Å². The fourth-order valence-electron chi connectivity index (χ4n) is 0.824. The van der Waals surface area contributed by atoms with E-state index in [1.54, 1.807) is 6.07 Å². The molecule has 66 valence electrons. The lowest BCUT2D eigenvalue weighted by molar-refractivity contribution is -0.142. The summed E-state index contributed by atoms with van der Waals surface area (Å²) in [6, 6.07) is 1.60. The van der Waals surface area contributed by atoms with Gasteiger partial charge in [-0.05, 0) is 6.07 Å². The first-order valence-electron chi connectivity index (χ1n) is 3.51. The summed E-state index contributed by atoms with van der Waals surface area (Å²) >= 11 is 0. The maximum atomic E-state index is 10.7. The van der Waals surface area contributed by atoms with Crippen molar-refractivity contribution in [1.82, 2.24) is 0 Å². The Morgan fingerprint density at radius 3 is 3.08 bits per heavy atom. The third kappa shape index (κ3) is 2.10. The molecule has 4 heteroatoms. The maximum absolute atomic E-state index is 10.7. The Hall–Kier alpha value is -1.29. The molecule has 1 rings (SSSR count). The molecule has 0 aliphatic rings. The second kappa shape index (κ2) is 3.92. The Morgan fingerprint density at radius 1 is 1.83 bits per heavy atom. The summed E-state index contributed by atoms with van der Waals surface area (Å²) in [6.07, 6.45) is 1.95. The average Bonchev–Trinajstić information content (AvgIpc) is 2.56. The van der Waals surface area contributed by atoms with E-state index in [-0.39, 0.29) is 6.42 Å². The number of hydrogen-bond acceptors (Lipinski definition) is 4. The number of hydrogen-bond donors (Lipinski definition) is 1. The highest BCUT2D eigenvalue weighted by molar-refractivity contribution is 5.69. The molecule has 4 nitrogen and oxygen atoms in total. The Bertz CT molecular complexity index is 240. The quantitative estimate of drug-likeness (QED) is 0.684. The molecule has 1 heterocycles. The lowest BCUT2D eigenvalue weighted by Crippen LogP contribution is -2.07. The van der Waals surface area contributed by atoms with E-state index in [9.17, 15) is 9.90 Å². The molecule has 0 unspecified atom stereocenters. The Labute approximate surface area is 69.8 Å². The number of esters is 1. The van der Waals surface area contributed by atoms with Gasteiger partial charge < -0.3 is 14.3 Å². The van der Waals surface area contributed by atoms with Gasteiger partial charge >= 0.3 is 5.97 Å². The second-order valence-electron chi connectivity index (χ2n) is 2.35. The number of methoxy groups -OCH3 is 1. The van der Waals surface area contributed by atoms with Crippen molar-refractivity contribution >= 4 is 5.97 Å². The van der Waals surface area contributed by atoms with E-state index in [4.69, 9.17) is 4.42 Å². The van der Waals surface area contributed by atoms with Gasteiger partial charge in [0.25, 0.3) is 0 Å². The third-order valence-electron chi connectivity index (χ3n) is 1.52. The number of aliphatic hydroxyl groups is 1. The fraction of sp³-hybridized carbons (Fsp3) is 0.375. The Kier molecular flexibility index (Phi) is 2.88. The molecule has 0 fully saturated rings. The van der Waals surface area contributed by atoms with Crippen LogP contribution in [0.15, 0.2) is 23.0 Å². The van der Waals surface area contributed by atoms with Crippen LogP contribution in [0.4, 0.5) is 0 Å². The summed E-state index contributed by atoms with van der Waals surface area (Å²) in [7, 11) is 1.28. The molecule has 0 spiro atoms. The zero-order valence-corrected chi connectivity index (χ0v) is 6.69. The van der Waals surface area contributed by atoms with Crippen molar-refractivity contribution < 1.29 is 19.1 Å². The summed E-state index contributed by atoms with van der Waals surface area (Å²) in [5.74, 6) is -0.441.